The van der Waals surface area contributed by atoms with E-state index in [1.807, 2.05) is 30.3 Å². The van der Waals surface area contributed by atoms with Crippen LogP contribution < -0.4 is 5.32 Å². The predicted molar refractivity (Wildman–Crippen MR) is 98.3 cm³/mol. The number of esters is 1. The Labute approximate surface area is 152 Å². The molecule has 0 aliphatic heterocycles. The standard InChI is InChI=1S/C17H15N3O3S2/c1-3-23-16(22)12-9-24-17(19-12)20-14(21)13-10(2)18-15(25-13)11-7-5-4-6-8-11/h4-9H,3H2,1-2H3,(H,19,20,21). The van der Waals surface area contributed by atoms with Crippen LogP contribution in [0.4, 0.5) is 5.13 Å². The zero-order valence-corrected chi connectivity index (χ0v) is 15.2. The lowest BCUT2D eigenvalue weighted by molar-refractivity contribution is 0.0520. The molecular weight excluding hydrogens is 358 g/mol. The quantitative estimate of drug-likeness (QED) is 0.684. The fraction of sp³-hybridized carbons (Fsp3) is 0.176. The molecule has 128 valence electrons. The van der Waals surface area contributed by atoms with Crippen molar-refractivity contribution in [2.75, 3.05) is 11.9 Å². The molecule has 0 aliphatic carbocycles. The van der Waals surface area contributed by atoms with E-state index in [0.717, 1.165) is 10.6 Å². The molecule has 0 atom stereocenters. The number of hydrogen-bond acceptors (Lipinski definition) is 7. The first kappa shape index (κ1) is 17.2. The lowest BCUT2D eigenvalue weighted by atomic mass is 10.2. The summed E-state index contributed by atoms with van der Waals surface area (Å²) in [5.74, 6) is -0.790. The number of benzene rings is 1. The maximum atomic E-state index is 12.5. The number of nitrogens with zero attached hydrogens (tertiary/aromatic N) is 2. The fourth-order valence-corrected chi connectivity index (χ4v) is 3.74. The van der Waals surface area contributed by atoms with Gasteiger partial charge >= 0.3 is 5.97 Å². The fourth-order valence-electron chi connectivity index (χ4n) is 2.10. The van der Waals surface area contributed by atoms with E-state index in [9.17, 15) is 9.59 Å². The zero-order chi connectivity index (χ0) is 17.8. The van der Waals surface area contributed by atoms with Crippen molar-refractivity contribution >= 4 is 39.7 Å². The Hall–Kier alpha value is -2.58. The Morgan fingerprint density at radius 2 is 1.96 bits per heavy atom. The summed E-state index contributed by atoms with van der Waals surface area (Å²) in [7, 11) is 0. The average Bonchev–Trinajstić information content (AvgIpc) is 3.23. The number of aryl methyl sites for hydroxylation is 1. The number of amides is 1. The molecule has 0 saturated heterocycles. The summed E-state index contributed by atoms with van der Waals surface area (Å²) in [6, 6.07) is 9.69. The van der Waals surface area contributed by atoms with Crippen LogP contribution >= 0.6 is 22.7 Å². The smallest absolute Gasteiger partial charge is 0.357 e. The number of thiazole rings is 2. The molecule has 0 aliphatic rings. The van der Waals surface area contributed by atoms with Crippen molar-refractivity contribution in [3.05, 3.63) is 52.0 Å². The number of rotatable bonds is 5. The number of carbonyl (C=O) groups is 2. The molecule has 0 spiro atoms. The molecule has 6 nitrogen and oxygen atoms in total. The molecule has 0 radical (unpaired) electrons. The van der Waals surface area contributed by atoms with Crippen molar-refractivity contribution in [1.29, 1.82) is 0 Å². The number of ether oxygens (including phenoxy) is 1. The summed E-state index contributed by atoms with van der Waals surface area (Å²) in [4.78, 5) is 33.2. The molecule has 1 aromatic carbocycles. The molecule has 3 aromatic rings. The van der Waals surface area contributed by atoms with Crippen molar-refractivity contribution < 1.29 is 14.3 Å². The van der Waals surface area contributed by atoms with Gasteiger partial charge in [0, 0.05) is 10.9 Å². The van der Waals surface area contributed by atoms with Gasteiger partial charge in [-0.1, -0.05) is 30.3 Å². The number of hydrogen-bond donors (Lipinski definition) is 1. The largest absolute Gasteiger partial charge is 0.461 e. The maximum absolute atomic E-state index is 12.5. The van der Waals surface area contributed by atoms with Gasteiger partial charge in [-0.15, -0.1) is 22.7 Å². The van der Waals surface area contributed by atoms with Gasteiger partial charge in [-0.25, -0.2) is 14.8 Å². The second kappa shape index (κ2) is 7.54. The summed E-state index contributed by atoms with van der Waals surface area (Å²) >= 11 is 2.50. The summed E-state index contributed by atoms with van der Waals surface area (Å²) in [5.41, 5.74) is 1.81. The normalized spacial score (nSPS) is 10.5. The van der Waals surface area contributed by atoms with Crippen molar-refractivity contribution in [3.8, 4) is 10.6 Å². The van der Waals surface area contributed by atoms with Gasteiger partial charge in [-0.05, 0) is 13.8 Å². The van der Waals surface area contributed by atoms with Gasteiger partial charge in [0.2, 0.25) is 0 Å². The van der Waals surface area contributed by atoms with Gasteiger partial charge < -0.3 is 4.74 Å². The van der Waals surface area contributed by atoms with Crippen molar-refractivity contribution in [3.63, 3.8) is 0 Å². The van der Waals surface area contributed by atoms with Gasteiger partial charge in [0.25, 0.3) is 5.91 Å². The van der Waals surface area contributed by atoms with Crippen LogP contribution in [0.15, 0.2) is 35.7 Å². The lowest BCUT2D eigenvalue weighted by Gasteiger charge is -1.99. The molecule has 25 heavy (non-hydrogen) atoms. The van der Waals surface area contributed by atoms with E-state index >= 15 is 0 Å². The molecule has 1 N–H and O–H groups in total. The zero-order valence-electron chi connectivity index (χ0n) is 13.6. The predicted octanol–water partition coefficient (Wildman–Crippen LogP) is 4.00. The third kappa shape index (κ3) is 3.92. The van der Waals surface area contributed by atoms with Crippen LogP contribution in [0, 0.1) is 6.92 Å². The highest BCUT2D eigenvalue weighted by Crippen LogP contribution is 2.28. The summed E-state index contributed by atoms with van der Waals surface area (Å²) < 4.78 is 4.89. The minimum absolute atomic E-state index is 0.188. The minimum atomic E-state index is -0.500. The van der Waals surface area contributed by atoms with Crippen LogP contribution in [0.3, 0.4) is 0 Å². The molecule has 0 fully saturated rings. The van der Waals surface area contributed by atoms with Crippen molar-refractivity contribution in [2.24, 2.45) is 0 Å². The number of nitrogens with one attached hydrogen (secondary N) is 1. The topological polar surface area (TPSA) is 81.2 Å². The lowest BCUT2D eigenvalue weighted by Crippen LogP contribution is -2.12. The highest BCUT2D eigenvalue weighted by atomic mass is 32.1. The van der Waals surface area contributed by atoms with Gasteiger partial charge in [0.15, 0.2) is 10.8 Å². The first-order valence-corrected chi connectivity index (χ1v) is 9.25. The second-order valence-corrected chi connectivity index (χ2v) is 6.87. The van der Waals surface area contributed by atoms with Crippen LogP contribution in [0.2, 0.25) is 0 Å². The second-order valence-electron chi connectivity index (χ2n) is 5.01. The van der Waals surface area contributed by atoms with Crippen LogP contribution in [0.1, 0.15) is 32.8 Å². The van der Waals surface area contributed by atoms with E-state index in [2.05, 4.69) is 15.3 Å². The Morgan fingerprint density at radius 3 is 2.68 bits per heavy atom. The Bertz CT molecular complexity index is 903. The summed E-state index contributed by atoms with van der Waals surface area (Å²) in [5, 5.41) is 5.41. The molecule has 0 unspecified atom stereocenters. The number of carbonyl (C=O) groups excluding carboxylic acids is 2. The van der Waals surface area contributed by atoms with Crippen molar-refractivity contribution in [2.45, 2.75) is 13.8 Å². The molecule has 2 aromatic heterocycles. The molecule has 2 heterocycles. The molecule has 3 rings (SSSR count). The Kier molecular flexibility index (Phi) is 5.20. The van der Waals surface area contributed by atoms with E-state index in [4.69, 9.17) is 4.74 Å². The highest BCUT2D eigenvalue weighted by molar-refractivity contribution is 7.17. The first-order valence-electron chi connectivity index (χ1n) is 7.55. The van der Waals surface area contributed by atoms with E-state index < -0.39 is 5.97 Å². The molecular formula is C17H15N3O3S2. The SMILES string of the molecule is CCOC(=O)c1csc(NC(=O)c2sc(-c3ccccc3)nc2C)n1. The minimum Gasteiger partial charge on any atom is -0.461 e. The van der Waals surface area contributed by atoms with E-state index in [-0.39, 0.29) is 18.2 Å². The Morgan fingerprint density at radius 1 is 1.20 bits per heavy atom. The van der Waals surface area contributed by atoms with Crippen LogP contribution in [0.25, 0.3) is 10.6 Å². The first-order chi connectivity index (χ1) is 12.1. The van der Waals surface area contributed by atoms with Crippen molar-refractivity contribution in [1.82, 2.24) is 9.97 Å². The number of aromatic nitrogens is 2. The Balaban J connectivity index is 1.76. The summed E-state index contributed by atoms with van der Waals surface area (Å²) in [6.07, 6.45) is 0. The molecule has 1 amide bonds. The highest BCUT2D eigenvalue weighted by Gasteiger charge is 2.18. The van der Waals surface area contributed by atoms with Crippen LogP contribution in [-0.4, -0.2) is 28.5 Å². The molecule has 0 bridgehead atoms. The van der Waals surface area contributed by atoms with Gasteiger partial charge in [0.1, 0.15) is 9.88 Å². The van der Waals surface area contributed by atoms with Crippen LogP contribution in [-0.2, 0) is 4.74 Å². The van der Waals surface area contributed by atoms with Gasteiger partial charge in [0.05, 0.1) is 12.3 Å². The maximum Gasteiger partial charge on any atom is 0.357 e. The van der Waals surface area contributed by atoms with Gasteiger partial charge in [-0.3, -0.25) is 10.1 Å². The number of anilines is 1. The van der Waals surface area contributed by atoms with E-state index in [0.29, 0.717) is 15.7 Å². The monoisotopic (exact) mass is 373 g/mol. The summed E-state index contributed by atoms with van der Waals surface area (Å²) in [6.45, 7) is 3.80. The van der Waals surface area contributed by atoms with Gasteiger partial charge in [-0.2, -0.15) is 0 Å². The molecule has 0 saturated carbocycles. The molecule has 8 heteroatoms. The van der Waals surface area contributed by atoms with Crippen LogP contribution in [0.5, 0.6) is 0 Å². The average molecular weight is 373 g/mol. The van der Waals surface area contributed by atoms with E-state index in [1.54, 1.807) is 19.2 Å². The third-order valence-corrected chi connectivity index (χ3v) is 5.20. The third-order valence-electron chi connectivity index (χ3n) is 3.23. The van der Waals surface area contributed by atoms with E-state index in [1.165, 1.54) is 22.7 Å².